The van der Waals surface area contributed by atoms with Crippen LogP contribution in [-0.4, -0.2) is 49.0 Å². The molecule has 0 atom stereocenters. The number of alkyl halides is 2. The number of nitrogens with one attached hydrogen (secondary N) is 1. The summed E-state index contributed by atoms with van der Waals surface area (Å²) >= 11 is 0. The molecule has 0 saturated heterocycles. The molecule has 10 nitrogen and oxygen atoms in total. The summed E-state index contributed by atoms with van der Waals surface area (Å²) < 4.78 is 72.8. The topological polar surface area (TPSA) is 149 Å². The van der Waals surface area contributed by atoms with Crippen molar-refractivity contribution in [3.63, 3.8) is 0 Å². The van der Waals surface area contributed by atoms with Crippen molar-refractivity contribution >= 4 is 23.2 Å². The Bertz CT molecular complexity index is 2270. The number of nitrogens with zero attached hydrogens (tertiary/aromatic N) is 5. The number of hydrogen-bond acceptors (Lipinski definition) is 7. The van der Waals surface area contributed by atoms with Crippen LogP contribution in [0.2, 0.25) is 0 Å². The molecule has 0 spiro atoms. The van der Waals surface area contributed by atoms with Gasteiger partial charge in [-0.1, -0.05) is 27.7 Å². The van der Waals surface area contributed by atoms with E-state index >= 15 is 4.39 Å². The number of halogens is 5. The van der Waals surface area contributed by atoms with Gasteiger partial charge < -0.3 is 11.1 Å². The van der Waals surface area contributed by atoms with Crippen LogP contribution in [0.4, 0.5) is 27.6 Å². The number of fused-ring (bicyclic) bond motifs is 2. The van der Waals surface area contributed by atoms with E-state index in [0.717, 1.165) is 12.1 Å². The number of primary amides is 1. The van der Waals surface area contributed by atoms with E-state index in [1.165, 1.54) is 21.5 Å². The first kappa shape index (κ1) is 39.3. The molecule has 0 bridgehead atoms. The number of carbonyl (C=O) groups is 3. The summed E-state index contributed by atoms with van der Waals surface area (Å²) in [6, 6.07) is 6.02. The average Bonchev–Trinajstić information content (AvgIpc) is 3.56. The first-order valence-corrected chi connectivity index (χ1v) is 18.0. The predicted octanol–water partition coefficient (Wildman–Crippen LogP) is 8.05. The monoisotopic (exact) mass is 763 g/mol. The Kier molecular flexibility index (Phi) is 10.0. The molecule has 0 aliphatic heterocycles. The highest BCUT2D eigenvalue weighted by Gasteiger charge is 2.38. The molecule has 1 saturated carbocycles. The van der Waals surface area contributed by atoms with Crippen LogP contribution in [0.1, 0.15) is 126 Å². The van der Waals surface area contributed by atoms with Gasteiger partial charge in [-0.2, -0.15) is 15.5 Å². The average molecular weight is 764 g/mol. The van der Waals surface area contributed by atoms with Crippen molar-refractivity contribution < 1.29 is 36.3 Å². The van der Waals surface area contributed by atoms with Crippen LogP contribution < -0.4 is 11.1 Å². The van der Waals surface area contributed by atoms with Crippen molar-refractivity contribution in [1.29, 1.82) is 5.26 Å². The van der Waals surface area contributed by atoms with Crippen molar-refractivity contribution in [3.8, 4) is 17.4 Å². The number of nitrogens with two attached hydrogens (primary N) is 1. The quantitative estimate of drug-likeness (QED) is 0.196. The molecule has 7 rings (SSSR count). The third-order valence-corrected chi connectivity index (χ3v) is 10.5. The fourth-order valence-electron chi connectivity index (χ4n) is 7.98. The number of anilines is 1. The molecule has 2 heterocycles. The van der Waals surface area contributed by atoms with Gasteiger partial charge >= 0.3 is 0 Å². The molecule has 3 aliphatic carbocycles. The van der Waals surface area contributed by atoms with E-state index in [2.05, 4.69) is 15.5 Å². The predicted molar refractivity (Wildman–Crippen MR) is 193 cm³/mol. The molecule has 3 aliphatic rings. The third-order valence-electron chi connectivity index (χ3n) is 10.5. The molecule has 1 fully saturated rings. The van der Waals surface area contributed by atoms with Gasteiger partial charge in [0.2, 0.25) is 5.92 Å². The Balaban J connectivity index is 0.000000197. The van der Waals surface area contributed by atoms with Crippen LogP contribution in [0.3, 0.4) is 0 Å². The van der Waals surface area contributed by atoms with E-state index in [9.17, 15) is 31.9 Å². The summed E-state index contributed by atoms with van der Waals surface area (Å²) in [6.07, 6.45) is 1.81. The number of ketones is 2. The number of hydrogen-bond donors (Lipinski definition) is 2. The maximum Gasteiger partial charge on any atom is 0.253 e. The Labute approximate surface area is 314 Å². The highest BCUT2D eigenvalue weighted by Crippen LogP contribution is 2.40. The lowest BCUT2D eigenvalue weighted by molar-refractivity contribution is -0.0361. The lowest BCUT2D eigenvalue weighted by atomic mass is 9.75. The fourth-order valence-corrected chi connectivity index (χ4v) is 7.98. The van der Waals surface area contributed by atoms with Gasteiger partial charge in [0.1, 0.15) is 29.1 Å². The molecule has 3 N–H and O–H groups in total. The van der Waals surface area contributed by atoms with E-state index < -0.39 is 34.8 Å². The molecule has 2 aromatic carbocycles. The summed E-state index contributed by atoms with van der Waals surface area (Å²) in [7, 11) is 0. The van der Waals surface area contributed by atoms with Crippen LogP contribution in [-0.2, 0) is 12.8 Å². The standard InChI is InChI=1S/C23H27F3N4O2.C17H15F2N3O/c1-12-19-17(10-22(2,3)11-18(19)31)30(29-12)14-8-15(24)20(21(27)32)16(9-14)28-13-4-6-23(25,26)7-5-13;1-9-16-14(6-17(2,3)7-15(16)23)22(21-9)10-4-12(18)11(8-20)13(19)5-10/h8-9,13,28H,4-7,10-11H2,1-3H3,(H2,27,32);4-5H,6-7H2,1-3H3. The van der Waals surface area contributed by atoms with Crippen molar-refractivity contribution in [3.05, 3.63) is 86.7 Å². The van der Waals surface area contributed by atoms with Crippen LogP contribution in [0.15, 0.2) is 24.3 Å². The molecule has 0 unspecified atom stereocenters. The Morgan fingerprint density at radius 3 is 1.67 bits per heavy atom. The van der Waals surface area contributed by atoms with Gasteiger partial charge in [0.15, 0.2) is 11.6 Å². The minimum atomic E-state index is -2.71. The minimum Gasteiger partial charge on any atom is -0.382 e. The number of benzene rings is 2. The lowest BCUT2D eigenvalue weighted by Gasteiger charge is -2.30. The van der Waals surface area contributed by atoms with Gasteiger partial charge in [-0.25, -0.2) is 31.3 Å². The van der Waals surface area contributed by atoms with Gasteiger partial charge in [-0.05, 0) is 56.4 Å². The Morgan fingerprint density at radius 2 is 1.24 bits per heavy atom. The zero-order valence-electron chi connectivity index (χ0n) is 31.5. The number of Topliss-reactive ketones (excluding diaryl/α,β-unsaturated/α-hetero) is 2. The van der Waals surface area contributed by atoms with Gasteiger partial charge in [0.25, 0.3) is 5.91 Å². The molecular formula is C40H42F5N7O3. The summed E-state index contributed by atoms with van der Waals surface area (Å²) in [6.45, 7) is 11.4. The number of nitriles is 1. The van der Waals surface area contributed by atoms with Gasteiger partial charge in [0.05, 0.1) is 56.5 Å². The molecule has 15 heteroatoms. The van der Waals surface area contributed by atoms with E-state index in [1.54, 1.807) is 19.9 Å². The number of aromatic nitrogens is 4. The zero-order valence-corrected chi connectivity index (χ0v) is 31.5. The minimum absolute atomic E-state index is 0.00397. The second-order valence-corrected chi connectivity index (χ2v) is 16.4. The normalized spacial score (nSPS) is 18.4. The molecule has 4 aromatic rings. The Morgan fingerprint density at radius 1 is 0.800 bits per heavy atom. The zero-order chi connectivity index (χ0) is 40.4. The molecular weight excluding hydrogens is 721 g/mol. The van der Waals surface area contributed by atoms with Crippen molar-refractivity contribution in [2.45, 2.75) is 105 Å². The summed E-state index contributed by atoms with van der Waals surface area (Å²) in [5, 5.41) is 20.6. The number of amides is 1. The number of carbonyl (C=O) groups excluding carboxylic acids is 3. The van der Waals surface area contributed by atoms with E-state index in [1.807, 2.05) is 27.7 Å². The second-order valence-electron chi connectivity index (χ2n) is 16.4. The highest BCUT2D eigenvalue weighted by molar-refractivity contribution is 6.01. The van der Waals surface area contributed by atoms with Crippen molar-refractivity contribution in [2.75, 3.05) is 5.32 Å². The summed E-state index contributed by atoms with van der Waals surface area (Å²) in [4.78, 5) is 37.0. The molecule has 1 amide bonds. The maximum atomic E-state index is 15.0. The lowest BCUT2D eigenvalue weighted by Crippen LogP contribution is -2.33. The largest absolute Gasteiger partial charge is 0.382 e. The number of rotatable bonds is 5. The van der Waals surface area contributed by atoms with Crippen LogP contribution in [0.5, 0.6) is 0 Å². The van der Waals surface area contributed by atoms with Gasteiger partial charge in [-0.3, -0.25) is 14.4 Å². The fraction of sp³-hybridized carbons (Fsp3) is 0.450. The van der Waals surface area contributed by atoms with Gasteiger partial charge in [0, 0.05) is 49.9 Å². The molecule has 0 radical (unpaired) electrons. The van der Waals surface area contributed by atoms with E-state index in [0.29, 0.717) is 65.3 Å². The smallest absolute Gasteiger partial charge is 0.253 e. The van der Waals surface area contributed by atoms with Crippen molar-refractivity contribution in [2.24, 2.45) is 16.6 Å². The first-order valence-electron chi connectivity index (χ1n) is 18.0. The van der Waals surface area contributed by atoms with Crippen LogP contribution in [0.25, 0.3) is 11.4 Å². The second kappa shape index (κ2) is 14.0. The Hall–Kier alpha value is -5.39. The SMILES string of the molecule is Cc1nn(-c2cc(F)c(C#N)c(F)c2)c2c1C(=O)CC(C)(C)C2.Cc1nn(-c2cc(F)c(C(N)=O)c(NC3CCC(F)(F)CC3)c2)c2c1C(=O)CC(C)(C)C2. The molecule has 290 valence electrons. The first-order chi connectivity index (χ1) is 25.6. The summed E-state index contributed by atoms with van der Waals surface area (Å²) in [5.74, 6) is -6.38. The summed E-state index contributed by atoms with van der Waals surface area (Å²) in [5.41, 5.74) is 8.17. The van der Waals surface area contributed by atoms with Crippen LogP contribution in [0, 0.1) is 53.5 Å². The number of aryl methyl sites for hydroxylation is 2. The van der Waals surface area contributed by atoms with E-state index in [-0.39, 0.29) is 71.1 Å². The maximum absolute atomic E-state index is 15.0. The van der Waals surface area contributed by atoms with Gasteiger partial charge in [-0.15, -0.1) is 0 Å². The molecule has 55 heavy (non-hydrogen) atoms. The van der Waals surface area contributed by atoms with Crippen LogP contribution >= 0.6 is 0 Å². The highest BCUT2D eigenvalue weighted by atomic mass is 19.3. The third kappa shape index (κ3) is 7.77. The molecule has 2 aromatic heterocycles. The van der Waals surface area contributed by atoms with E-state index in [4.69, 9.17) is 11.0 Å². The van der Waals surface area contributed by atoms with Crippen molar-refractivity contribution in [1.82, 2.24) is 19.6 Å².